The Morgan fingerprint density at radius 2 is 1.86 bits per heavy atom. The first-order valence-corrected chi connectivity index (χ1v) is 7.79. The van der Waals surface area contributed by atoms with Crippen molar-refractivity contribution in [3.8, 4) is 5.75 Å². The summed E-state index contributed by atoms with van der Waals surface area (Å²) < 4.78 is 0. The van der Waals surface area contributed by atoms with Gasteiger partial charge in [0.05, 0.1) is 0 Å². The third-order valence-electron chi connectivity index (χ3n) is 3.28. The number of phenols is 1. The monoisotopic (exact) mass is 296 g/mol. The molecule has 0 aliphatic rings. The maximum atomic E-state index is 9.94. The van der Waals surface area contributed by atoms with Gasteiger partial charge in [-0.2, -0.15) is 0 Å². The van der Waals surface area contributed by atoms with E-state index >= 15 is 0 Å². The quantitative estimate of drug-likeness (QED) is 0.723. The first-order valence-electron chi connectivity index (χ1n) is 6.97. The number of aromatic hydroxyl groups is 1. The van der Waals surface area contributed by atoms with Crippen LogP contribution < -0.4 is 0 Å². The molecule has 3 rings (SSSR count). The minimum absolute atomic E-state index is 0.310. The Bertz CT molecular complexity index is 774. The van der Waals surface area contributed by atoms with Gasteiger partial charge in [0.25, 0.3) is 0 Å². The van der Waals surface area contributed by atoms with Crippen molar-refractivity contribution in [2.24, 2.45) is 0 Å². The first kappa shape index (κ1) is 13.9. The van der Waals surface area contributed by atoms with Gasteiger partial charge in [-0.15, -0.1) is 0 Å². The lowest BCUT2D eigenvalue weighted by molar-refractivity contribution is 0.481. The van der Waals surface area contributed by atoms with Crippen LogP contribution in [0.1, 0.15) is 19.0 Å². The number of aromatic nitrogens is 2. The van der Waals surface area contributed by atoms with E-state index in [2.05, 4.69) is 16.9 Å². The van der Waals surface area contributed by atoms with Crippen molar-refractivity contribution < 1.29 is 5.11 Å². The van der Waals surface area contributed by atoms with Crippen molar-refractivity contribution in [1.29, 1.82) is 0 Å². The zero-order valence-corrected chi connectivity index (χ0v) is 12.6. The molecule has 0 spiro atoms. The number of fused-ring (bicyclic) bond motifs is 1. The largest absolute Gasteiger partial charge is 0.507 e. The van der Waals surface area contributed by atoms with E-state index < -0.39 is 0 Å². The van der Waals surface area contributed by atoms with Crippen LogP contribution >= 0.6 is 11.8 Å². The minimum atomic E-state index is 0.310. The average Bonchev–Trinajstić information content (AvgIpc) is 2.51. The van der Waals surface area contributed by atoms with Crippen LogP contribution in [-0.4, -0.2) is 15.1 Å². The normalized spacial score (nSPS) is 10.9. The van der Waals surface area contributed by atoms with Gasteiger partial charge in [-0.1, -0.05) is 49.4 Å². The van der Waals surface area contributed by atoms with Crippen LogP contribution in [-0.2, 0) is 6.42 Å². The predicted molar refractivity (Wildman–Crippen MR) is 85.8 cm³/mol. The highest BCUT2D eigenvalue weighted by Crippen LogP contribution is 2.36. The van der Waals surface area contributed by atoms with Crippen molar-refractivity contribution in [3.05, 3.63) is 54.5 Å². The second-order valence-corrected chi connectivity index (χ2v) is 5.89. The van der Waals surface area contributed by atoms with Crippen LogP contribution in [0.25, 0.3) is 10.8 Å². The molecule has 0 unspecified atom stereocenters. The summed E-state index contributed by atoms with van der Waals surface area (Å²) in [4.78, 5) is 9.71. The summed E-state index contributed by atoms with van der Waals surface area (Å²) in [6, 6.07) is 13.6. The molecule has 0 fully saturated rings. The summed E-state index contributed by atoms with van der Waals surface area (Å²) in [5.74, 6) is 0.310. The Balaban J connectivity index is 1.98. The van der Waals surface area contributed by atoms with Crippen LogP contribution in [0.2, 0.25) is 0 Å². The molecule has 0 radical (unpaired) electrons. The molecule has 0 atom stereocenters. The van der Waals surface area contributed by atoms with E-state index in [-0.39, 0.29) is 0 Å². The molecular weight excluding hydrogens is 280 g/mol. The Morgan fingerprint density at radius 1 is 1.05 bits per heavy atom. The topological polar surface area (TPSA) is 46.0 Å². The Morgan fingerprint density at radius 3 is 2.67 bits per heavy atom. The van der Waals surface area contributed by atoms with E-state index in [1.165, 1.54) is 0 Å². The molecule has 3 nitrogen and oxygen atoms in total. The predicted octanol–water partition coefficient (Wildman–Crippen LogP) is 4.44. The second kappa shape index (κ2) is 6.14. The van der Waals surface area contributed by atoms with Crippen molar-refractivity contribution in [1.82, 2.24) is 9.97 Å². The number of hydrogen-bond donors (Lipinski definition) is 1. The molecule has 2 aromatic carbocycles. The van der Waals surface area contributed by atoms with E-state index in [0.29, 0.717) is 5.75 Å². The molecule has 1 N–H and O–H groups in total. The smallest absolute Gasteiger partial charge is 0.123 e. The minimum Gasteiger partial charge on any atom is -0.507 e. The van der Waals surface area contributed by atoms with Crippen molar-refractivity contribution in [2.45, 2.75) is 29.7 Å². The van der Waals surface area contributed by atoms with Crippen LogP contribution in [0, 0.1) is 0 Å². The fourth-order valence-corrected chi connectivity index (χ4v) is 3.23. The third-order valence-corrected chi connectivity index (χ3v) is 4.29. The highest BCUT2D eigenvalue weighted by Gasteiger charge is 2.07. The Kier molecular flexibility index (Phi) is 4.06. The molecule has 0 amide bonds. The second-order valence-electron chi connectivity index (χ2n) is 4.83. The average molecular weight is 296 g/mol. The van der Waals surface area contributed by atoms with Gasteiger partial charge >= 0.3 is 0 Å². The summed E-state index contributed by atoms with van der Waals surface area (Å²) >= 11 is 1.60. The van der Waals surface area contributed by atoms with Gasteiger partial charge in [0, 0.05) is 16.0 Å². The highest BCUT2D eigenvalue weighted by molar-refractivity contribution is 7.99. The number of nitrogens with zero attached hydrogens (tertiary/aromatic N) is 2. The van der Waals surface area contributed by atoms with Gasteiger partial charge in [0.2, 0.25) is 0 Å². The first-order chi connectivity index (χ1) is 10.3. The summed E-state index contributed by atoms with van der Waals surface area (Å²) in [5.41, 5.74) is 1.07. The van der Waals surface area contributed by atoms with Crippen LogP contribution in [0.4, 0.5) is 0 Å². The van der Waals surface area contributed by atoms with Crippen LogP contribution in [0.15, 0.2) is 58.7 Å². The lowest BCUT2D eigenvalue weighted by Gasteiger charge is -2.08. The van der Waals surface area contributed by atoms with Crippen molar-refractivity contribution >= 4 is 22.5 Å². The molecule has 0 saturated carbocycles. The van der Waals surface area contributed by atoms with E-state index in [1.807, 2.05) is 36.4 Å². The van der Waals surface area contributed by atoms with Gasteiger partial charge in [0.15, 0.2) is 0 Å². The third kappa shape index (κ3) is 3.00. The molecule has 0 bridgehead atoms. The van der Waals surface area contributed by atoms with Gasteiger partial charge in [0.1, 0.15) is 17.1 Å². The highest BCUT2D eigenvalue weighted by atomic mass is 32.2. The molecule has 1 aromatic heterocycles. The van der Waals surface area contributed by atoms with Gasteiger partial charge in [-0.3, -0.25) is 0 Å². The fraction of sp³-hybridized carbons (Fsp3) is 0.176. The molecular formula is C17H16N2OS. The Hall–Kier alpha value is -2.07. The molecule has 0 aliphatic heterocycles. The molecule has 3 aromatic rings. The molecule has 21 heavy (non-hydrogen) atoms. The number of aryl methyl sites for hydroxylation is 1. The SMILES string of the molecule is CCCc1cc(Sc2ccc(O)c3ccccc23)ncn1. The van der Waals surface area contributed by atoms with E-state index in [4.69, 9.17) is 0 Å². The lowest BCUT2D eigenvalue weighted by Crippen LogP contribution is -1.91. The van der Waals surface area contributed by atoms with Gasteiger partial charge < -0.3 is 5.11 Å². The van der Waals surface area contributed by atoms with Crippen LogP contribution in [0.5, 0.6) is 5.75 Å². The zero-order chi connectivity index (χ0) is 14.7. The number of hydrogen-bond acceptors (Lipinski definition) is 4. The number of rotatable bonds is 4. The van der Waals surface area contributed by atoms with E-state index in [0.717, 1.165) is 39.2 Å². The standard InChI is InChI=1S/C17H16N2OS/c1-2-5-12-10-17(19-11-18-12)21-16-9-8-15(20)13-6-3-4-7-14(13)16/h3-4,6-11,20H,2,5H2,1H3. The Labute approximate surface area is 128 Å². The summed E-state index contributed by atoms with van der Waals surface area (Å²) in [7, 11) is 0. The molecule has 1 heterocycles. The van der Waals surface area contributed by atoms with E-state index in [1.54, 1.807) is 24.2 Å². The van der Waals surface area contributed by atoms with E-state index in [9.17, 15) is 5.11 Å². The number of phenolic OH excluding ortho intramolecular Hbond substituents is 1. The molecule has 4 heteroatoms. The summed E-state index contributed by atoms with van der Waals surface area (Å²) in [6.07, 6.45) is 3.66. The summed E-state index contributed by atoms with van der Waals surface area (Å²) in [6.45, 7) is 2.14. The maximum Gasteiger partial charge on any atom is 0.123 e. The number of benzene rings is 2. The lowest BCUT2D eigenvalue weighted by atomic mass is 10.1. The molecule has 106 valence electrons. The molecule has 0 saturated heterocycles. The van der Waals surface area contributed by atoms with Crippen molar-refractivity contribution in [2.75, 3.05) is 0 Å². The van der Waals surface area contributed by atoms with Gasteiger partial charge in [-0.25, -0.2) is 9.97 Å². The van der Waals surface area contributed by atoms with Crippen molar-refractivity contribution in [3.63, 3.8) is 0 Å². The fourth-order valence-electron chi connectivity index (χ4n) is 2.28. The van der Waals surface area contributed by atoms with Crippen LogP contribution in [0.3, 0.4) is 0 Å². The van der Waals surface area contributed by atoms with Gasteiger partial charge in [-0.05, 0) is 30.0 Å². The zero-order valence-electron chi connectivity index (χ0n) is 11.8. The summed E-state index contributed by atoms with van der Waals surface area (Å²) in [5, 5.41) is 12.8. The maximum absolute atomic E-state index is 9.94. The molecule has 0 aliphatic carbocycles.